The fourth-order valence-corrected chi connectivity index (χ4v) is 2.87. The summed E-state index contributed by atoms with van der Waals surface area (Å²) in [5.41, 5.74) is -0.682. The van der Waals surface area contributed by atoms with Crippen LogP contribution in [-0.4, -0.2) is 33.9 Å². The number of fused-ring (bicyclic) bond motifs is 1. The molecular formula is C23H32O6. The molecule has 0 amide bonds. The summed E-state index contributed by atoms with van der Waals surface area (Å²) in [6, 6.07) is 5.52. The molecule has 0 fully saturated rings. The van der Waals surface area contributed by atoms with E-state index >= 15 is 0 Å². The lowest BCUT2D eigenvalue weighted by Crippen LogP contribution is -2.26. The first-order valence-corrected chi connectivity index (χ1v) is 9.89. The van der Waals surface area contributed by atoms with Crippen molar-refractivity contribution in [1.29, 1.82) is 0 Å². The first kappa shape index (κ1) is 22.7. The Labute approximate surface area is 173 Å². The Hall–Kier alpha value is -2.63. The Kier molecular flexibility index (Phi) is 7.59. The normalized spacial score (nSPS) is 11.3. The van der Waals surface area contributed by atoms with Gasteiger partial charge in [-0.3, -0.25) is 4.79 Å². The van der Waals surface area contributed by atoms with Gasteiger partial charge in [0.2, 0.25) is 11.5 Å². The number of esters is 1. The van der Waals surface area contributed by atoms with E-state index in [-0.39, 0.29) is 5.97 Å². The van der Waals surface area contributed by atoms with Crippen LogP contribution >= 0.6 is 0 Å². The quantitative estimate of drug-likeness (QED) is 0.317. The lowest BCUT2D eigenvalue weighted by atomic mass is 9.97. The molecule has 2 rings (SSSR count). The summed E-state index contributed by atoms with van der Waals surface area (Å²) in [5, 5.41) is 1.42. The van der Waals surface area contributed by atoms with Gasteiger partial charge in [0, 0.05) is 10.8 Å². The van der Waals surface area contributed by atoms with Crippen LogP contribution in [0.15, 0.2) is 18.2 Å². The van der Waals surface area contributed by atoms with Crippen molar-refractivity contribution < 1.29 is 28.5 Å². The number of rotatable bonds is 9. The molecule has 6 heteroatoms. The zero-order valence-corrected chi connectivity index (χ0v) is 18.5. The van der Waals surface area contributed by atoms with Gasteiger partial charge in [-0.1, -0.05) is 19.8 Å². The summed E-state index contributed by atoms with van der Waals surface area (Å²) in [6.45, 7) is 8.09. The summed E-state index contributed by atoms with van der Waals surface area (Å²) in [4.78, 5) is 12.6. The second-order valence-electron chi connectivity index (χ2n) is 7.83. The minimum absolute atomic E-state index is 0.291. The van der Waals surface area contributed by atoms with E-state index in [1.165, 1.54) is 7.11 Å². The van der Waals surface area contributed by atoms with Crippen LogP contribution in [0.2, 0.25) is 0 Å². The molecule has 0 atom stereocenters. The Morgan fingerprint density at radius 2 is 1.52 bits per heavy atom. The molecule has 0 unspecified atom stereocenters. The van der Waals surface area contributed by atoms with Gasteiger partial charge in [0.15, 0.2) is 11.5 Å². The average molecular weight is 405 g/mol. The number of methoxy groups -OCH3 is 3. The highest BCUT2D eigenvalue weighted by atomic mass is 16.6. The van der Waals surface area contributed by atoms with Gasteiger partial charge in [-0.15, -0.1) is 0 Å². The minimum atomic E-state index is -0.682. The molecule has 0 spiro atoms. The number of ether oxygens (including phenoxy) is 5. The van der Waals surface area contributed by atoms with Crippen molar-refractivity contribution in [3.8, 4) is 28.7 Å². The molecule has 2 aromatic rings. The number of carbonyl (C=O) groups excluding carboxylic acids is 1. The maximum atomic E-state index is 12.6. The molecule has 0 bridgehead atoms. The number of unbranched alkanes of at least 4 members (excludes halogenated alkanes) is 2. The van der Waals surface area contributed by atoms with Crippen molar-refractivity contribution in [2.24, 2.45) is 5.41 Å². The van der Waals surface area contributed by atoms with Crippen molar-refractivity contribution in [3.63, 3.8) is 0 Å². The lowest BCUT2D eigenvalue weighted by molar-refractivity contribution is -0.143. The van der Waals surface area contributed by atoms with Crippen LogP contribution in [0.5, 0.6) is 28.7 Å². The third kappa shape index (κ3) is 5.05. The predicted octanol–water partition coefficient (Wildman–Crippen LogP) is 5.39. The zero-order chi connectivity index (χ0) is 21.6. The Morgan fingerprint density at radius 3 is 2.07 bits per heavy atom. The summed E-state index contributed by atoms with van der Waals surface area (Å²) in [5.74, 6) is 1.83. The van der Waals surface area contributed by atoms with Crippen LogP contribution in [0.25, 0.3) is 10.8 Å². The van der Waals surface area contributed by atoms with Gasteiger partial charge in [0.05, 0.1) is 33.4 Å². The molecule has 0 radical (unpaired) electrons. The largest absolute Gasteiger partial charge is 0.497 e. The van der Waals surface area contributed by atoms with Gasteiger partial charge in [0.25, 0.3) is 0 Å². The van der Waals surface area contributed by atoms with Crippen LogP contribution in [0, 0.1) is 5.41 Å². The predicted molar refractivity (Wildman–Crippen MR) is 114 cm³/mol. The molecular weight excluding hydrogens is 372 g/mol. The van der Waals surface area contributed by atoms with E-state index in [0.29, 0.717) is 40.7 Å². The SMILES string of the molecule is CCCCCOc1c(OC)c(OC)c(OC(=O)C(C)(C)C)c2cc(OC)ccc12. The second-order valence-corrected chi connectivity index (χ2v) is 7.83. The van der Waals surface area contributed by atoms with Crippen molar-refractivity contribution in [2.75, 3.05) is 27.9 Å². The van der Waals surface area contributed by atoms with Crippen molar-refractivity contribution >= 4 is 16.7 Å². The molecule has 0 aliphatic carbocycles. The topological polar surface area (TPSA) is 63.2 Å². The molecule has 0 aliphatic heterocycles. The number of benzene rings is 2. The van der Waals surface area contributed by atoms with E-state index in [0.717, 1.165) is 24.6 Å². The van der Waals surface area contributed by atoms with E-state index in [9.17, 15) is 4.79 Å². The van der Waals surface area contributed by atoms with E-state index in [2.05, 4.69) is 6.92 Å². The van der Waals surface area contributed by atoms with Crippen LogP contribution in [0.4, 0.5) is 0 Å². The summed E-state index contributed by atoms with van der Waals surface area (Å²) in [6.07, 6.45) is 3.11. The van der Waals surface area contributed by atoms with E-state index < -0.39 is 5.41 Å². The summed E-state index contributed by atoms with van der Waals surface area (Å²) >= 11 is 0. The fraction of sp³-hybridized carbons (Fsp3) is 0.522. The molecule has 0 heterocycles. The van der Waals surface area contributed by atoms with Gasteiger partial charge in [0.1, 0.15) is 5.75 Å². The van der Waals surface area contributed by atoms with Crippen molar-refractivity contribution in [2.45, 2.75) is 47.0 Å². The first-order valence-electron chi connectivity index (χ1n) is 9.89. The highest BCUT2D eigenvalue weighted by Crippen LogP contribution is 2.52. The van der Waals surface area contributed by atoms with Crippen molar-refractivity contribution in [1.82, 2.24) is 0 Å². The molecule has 160 valence electrons. The molecule has 0 saturated heterocycles. The van der Waals surface area contributed by atoms with Gasteiger partial charge < -0.3 is 23.7 Å². The first-order chi connectivity index (χ1) is 13.8. The van der Waals surface area contributed by atoms with E-state index in [4.69, 9.17) is 23.7 Å². The van der Waals surface area contributed by atoms with Gasteiger partial charge in [-0.2, -0.15) is 0 Å². The average Bonchev–Trinajstić information content (AvgIpc) is 2.70. The molecule has 29 heavy (non-hydrogen) atoms. The maximum absolute atomic E-state index is 12.6. The molecule has 0 aliphatic rings. The Morgan fingerprint density at radius 1 is 0.862 bits per heavy atom. The van der Waals surface area contributed by atoms with Gasteiger partial charge in [-0.25, -0.2) is 0 Å². The molecule has 6 nitrogen and oxygen atoms in total. The Bertz CT molecular complexity index is 851. The molecule has 0 aromatic heterocycles. The standard InChI is InChI=1S/C23H32O6/c1-8-9-10-13-28-18-16-12-11-15(25-5)14-17(16)19(21(27-7)20(18)26-6)29-22(24)23(2,3)4/h11-12,14H,8-10,13H2,1-7H3. The number of hydrogen-bond donors (Lipinski definition) is 0. The molecule has 0 saturated carbocycles. The van der Waals surface area contributed by atoms with Gasteiger partial charge >= 0.3 is 5.97 Å². The van der Waals surface area contributed by atoms with Crippen molar-refractivity contribution in [3.05, 3.63) is 18.2 Å². The zero-order valence-electron chi connectivity index (χ0n) is 18.5. The second kappa shape index (κ2) is 9.72. The van der Waals surface area contributed by atoms with Gasteiger partial charge in [-0.05, 0) is 45.4 Å². The highest BCUT2D eigenvalue weighted by Gasteiger charge is 2.30. The third-order valence-corrected chi connectivity index (χ3v) is 4.54. The lowest BCUT2D eigenvalue weighted by Gasteiger charge is -2.22. The molecule has 0 N–H and O–H groups in total. The monoisotopic (exact) mass is 404 g/mol. The number of carbonyl (C=O) groups is 1. The Balaban J connectivity index is 2.71. The van der Waals surface area contributed by atoms with E-state index in [1.807, 2.05) is 18.2 Å². The highest BCUT2D eigenvalue weighted by molar-refractivity contribution is 6.01. The fourth-order valence-electron chi connectivity index (χ4n) is 2.87. The minimum Gasteiger partial charge on any atom is -0.497 e. The maximum Gasteiger partial charge on any atom is 0.316 e. The molecule has 2 aromatic carbocycles. The summed E-state index contributed by atoms with van der Waals surface area (Å²) in [7, 11) is 4.64. The smallest absolute Gasteiger partial charge is 0.316 e. The van der Waals surface area contributed by atoms with Crippen LogP contribution in [-0.2, 0) is 4.79 Å². The third-order valence-electron chi connectivity index (χ3n) is 4.54. The van der Waals surface area contributed by atoms with Crippen LogP contribution < -0.4 is 23.7 Å². The summed E-state index contributed by atoms with van der Waals surface area (Å²) < 4.78 is 28.5. The number of hydrogen-bond acceptors (Lipinski definition) is 6. The van der Waals surface area contributed by atoms with Crippen LogP contribution in [0.3, 0.4) is 0 Å². The van der Waals surface area contributed by atoms with E-state index in [1.54, 1.807) is 35.0 Å². The van der Waals surface area contributed by atoms with Crippen LogP contribution in [0.1, 0.15) is 47.0 Å².